The summed E-state index contributed by atoms with van der Waals surface area (Å²) in [4.78, 5) is 22.3. The van der Waals surface area contributed by atoms with Gasteiger partial charge in [-0.1, -0.05) is 6.07 Å². The summed E-state index contributed by atoms with van der Waals surface area (Å²) in [5, 5.41) is 6.13. The molecule has 1 amide bonds. The van der Waals surface area contributed by atoms with Crippen molar-refractivity contribution < 1.29 is 4.79 Å². The summed E-state index contributed by atoms with van der Waals surface area (Å²) in [7, 11) is 3.52. The van der Waals surface area contributed by atoms with Crippen molar-refractivity contribution in [1.29, 1.82) is 0 Å². The number of hydrogen-bond acceptors (Lipinski definition) is 3. The van der Waals surface area contributed by atoms with Gasteiger partial charge in [0.1, 0.15) is 0 Å². The molecule has 1 fully saturated rings. The van der Waals surface area contributed by atoms with Crippen LogP contribution in [0.15, 0.2) is 29.5 Å². The van der Waals surface area contributed by atoms with Gasteiger partial charge in [-0.25, -0.2) is 0 Å². The fourth-order valence-corrected chi connectivity index (χ4v) is 2.91. The van der Waals surface area contributed by atoms with Crippen LogP contribution in [0.25, 0.3) is 0 Å². The minimum absolute atomic E-state index is 0.141. The Morgan fingerprint density at radius 3 is 2.83 bits per heavy atom. The molecular weight excluding hydrogens is 290 g/mol. The number of likely N-dealkylation sites (tertiary alicyclic amines) is 1. The van der Waals surface area contributed by atoms with Crippen molar-refractivity contribution in [3.05, 3.63) is 30.1 Å². The van der Waals surface area contributed by atoms with Gasteiger partial charge >= 0.3 is 0 Å². The molecule has 0 saturated carbocycles. The number of rotatable bonds is 5. The first-order valence-electron chi connectivity index (χ1n) is 8.28. The lowest BCUT2D eigenvalue weighted by molar-refractivity contribution is -0.121. The lowest BCUT2D eigenvalue weighted by atomic mass is 9.93. The molecule has 6 nitrogen and oxygen atoms in total. The van der Waals surface area contributed by atoms with Crippen LogP contribution >= 0.6 is 0 Å². The number of carbonyl (C=O) groups is 1. The summed E-state index contributed by atoms with van der Waals surface area (Å²) in [6, 6.07) is 4.04. The fourth-order valence-electron chi connectivity index (χ4n) is 2.91. The molecule has 2 N–H and O–H groups in total. The van der Waals surface area contributed by atoms with E-state index in [0.717, 1.165) is 44.9 Å². The Hall–Kier alpha value is -2.11. The second kappa shape index (κ2) is 9.12. The lowest BCUT2D eigenvalue weighted by Gasteiger charge is -2.34. The number of amides is 1. The molecule has 23 heavy (non-hydrogen) atoms. The van der Waals surface area contributed by atoms with Gasteiger partial charge in [-0.15, -0.1) is 0 Å². The number of pyridine rings is 1. The SMILES string of the molecule is CN=C(NCCc1cccnc1)N1CCC(CC(=O)NC)CC1. The zero-order chi connectivity index (χ0) is 16.5. The summed E-state index contributed by atoms with van der Waals surface area (Å²) < 4.78 is 0. The normalized spacial score (nSPS) is 16.3. The van der Waals surface area contributed by atoms with Crippen molar-refractivity contribution in [2.45, 2.75) is 25.7 Å². The Bertz CT molecular complexity index is 509. The fraction of sp³-hybridized carbons (Fsp3) is 0.588. The first kappa shape index (κ1) is 17.2. The molecule has 0 radical (unpaired) electrons. The summed E-state index contributed by atoms with van der Waals surface area (Å²) in [6.07, 6.45) is 7.33. The summed E-state index contributed by atoms with van der Waals surface area (Å²) in [5.74, 6) is 1.58. The van der Waals surface area contributed by atoms with Gasteiger partial charge < -0.3 is 15.5 Å². The van der Waals surface area contributed by atoms with Crippen molar-refractivity contribution in [2.24, 2.45) is 10.9 Å². The van der Waals surface area contributed by atoms with Crippen LogP contribution in [0, 0.1) is 5.92 Å². The molecule has 0 aromatic carbocycles. The van der Waals surface area contributed by atoms with Crippen LogP contribution < -0.4 is 10.6 Å². The van der Waals surface area contributed by atoms with E-state index in [1.165, 1.54) is 5.56 Å². The predicted molar refractivity (Wildman–Crippen MR) is 92.3 cm³/mol. The number of nitrogens with one attached hydrogen (secondary N) is 2. The zero-order valence-corrected chi connectivity index (χ0v) is 14.1. The number of piperidine rings is 1. The van der Waals surface area contributed by atoms with Gasteiger partial charge in [-0.2, -0.15) is 0 Å². The molecule has 2 heterocycles. The third-order valence-corrected chi connectivity index (χ3v) is 4.30. The molecule has 0 unspecified atom stereocenters. The molecule has 126 valence electrons. The van der Waals surface area contributed by atoms with Gasteiger partial charge in [0.25, 0.3) is 0 Å². The highest BCUT2D eigenvalue weighted by Gasteiger charge is 2.22. The summed E-state index contributed by atoms with van der Waals surface area (Å²) in [6.45, 7) is 2.75. The van der Waals surface area contributed by atoms with E-state index in [0.29, 0.717) is 12.3 Å². The highest BCUT2D eigenvalue weighted by Crippen LogP contribution is 2.20. The van der Waals surface area contributed by atoms with Crippen LogP contribution in [-0.4, -0.2) is 55.5 Å². The van der Waals surface area contributed by atoms with E-state index < -0.39 is 0 Å². The molecule has 0 bridgehead atoms. The molecule has 6 heteroatoms. The lowest BCUT2D eigenvalue weighted by Crippen LogP contribution is -2.46. The monoisotopic (exact) mass is 317 g/mol. The van der Waals surface area contributed by atoms with Gasteiger partial charge in [-0.3, -0.25) is 14.8 Å². The molecule has 2 rings (SSSR count). The third kappa shape index (κ3) is 5.54. The Kier molecular flexibility index (Phi) is 6.84. The van der Waals surface area contributed by atoms with Crippen molar-refractivity contribution in [3.63, 3.8) is 0 Å². The van der Waals surface area contributed by atoms with Gasteiger partial charge in [0.15, 0.2) is 5.96 Å². The molecule has 1 aromatic heterocycles. The quantitative estimate of drug-likeness (QED) is 0.629. The Morgan fingerprint density at radius 2 is 2.22 bits per heavy atom. The van der Waals surface area contributed by atoms with Crippen molar-refractivity contribution >= 4 is 11.9 Å². The van der Waals surface area contributed by atoms with Crippen LogP contribution in [0.2, 0.25) is 0 Å². The van der Waals surface area contributed by atoms with E-state index in [2.05, 4.69) is 31.6 Å². The average Bonchev–Trinajstić information content (AvgIpc) is 2.60. The number of nitrogens with zero attached hydrogens (tertiary/aromatic N) is 3. The van der Waals surface area contributed by atoms with Gasteiger partial charge in [0, 0.05) is 52.5 Å². The minimum atomic E-state index is 0.141. The highest BCUT2D eigenvalue weighted by molar-refractivity contribution is 5.80. The molecule has 0 spiro atoms. The topological polar surface area (TPSA) is 69.6 Å². The van der Waals surface area contributed by atoms with E-state index in [1.807, 2.05) is 19.3 Å². The summed E-state index contributed by atoms with van der Waals surface area (Å²) >= 11 is 0. The molecular formula is C17H27N5O. The van der Waals surface area contributed by atoms with E-state index >= 15 is 0 Å². The molecule has 1 aliphatic rings. The van der Waals surface area contributed by atoms with Crippen LogP contribution in [0.5, 0.6) is 0 Å². The number of hydrogen-bond donors (Lipinski definition) is 2. The largest absolute Gasteiger partial charge is 0.359 e. The average molecular weight is 317 g/mol. The second-order valence-corrected chi connectivity index (χ2v) is 5.89. The number of aromatic nitrogens is 1. The number of guanidine groups is 1. The minimum Gasteiger partial charge on any atom is -0.359 e. The van der Waals surface area contributed by atoms with E-state index in [9.17, 15) is 4.79 Å². The first-order chi connectivity index (χ1) is 11.2. The van der Waals surface area contributed by atoms with Gasteiger partial charge in [0.2, 0.25) is 5.91 Å². The van der Waals surface area contributed by atoms with Crippen molar-refractivity contribution in [2.75, 3.05) is 33.7 Å². The van der Waals surface area contributed by atoms with E-state index in [-0.39, 0.29) is 5.91 Å². The number of carbonyl (C=O) groups excluding carboxylic acids is 1. The molecule has 1 aliphatic heterocycles. The maximum absolute atomic E-state index is 11.5. The Balaban J connectivity index is 1.73. The van der Waals surface area contributed by atoms with E-state index in [1.54, 1.807) is 13.2 Å². The first-order valence-corrected chi connectivity index (χ1v) is 8.28. The van der Waals surface area contributed by atoms with Crippen LogP contribution in [0.4, 0.5) is 0 Å². The van der Waals surface area contributed by atoms with E-state index in [4.69, 9.17) is 0 Å². The van der Waals surface area contributed by atoms with Gasteiger partial charge in [-0.05, 0) is 36.8 Å². The van der Waals surface area contributed by atoms with Crippen LogP contribution in [0.3, 0.4) is 0 Å². The predicted octanol–water partition coefficient (Wildman–Crippen LogP) is 1.05. The molecule has 0 atom stereocenters. The van der Waals surface area contributed by atoms with Crippen LogP contribution in [-0.2, 0) is 11.2 Å². The van der Waals surface area contributed by atoms with Crippen molar-refractivity contribution in [1.82, 2.24) is 20.5 Å². The molecule has 0 aliphatic carbocycles. The Labute approximate surface area is 138 Å². The maximum atomic E-state index is 11.5. The summed E-state index contributed by atoms with van der Waals surface area (Å²) in [5.41, 5.74) is 1.22. The van der Waals surface area contributed by atoms with Gasteiger partial charge in [0.05, 0.1) is 0 Å². The Morgan fingerprint density at radius 1 is 1.43 bits per heavy atom. The molecule has 1 aromatic rings. The third-order valence-electron chi connectivity index (χ3n) is 4.30. The smallest absolute Gasteiger partial charge is 0.220 e. The highest BCUT2D eigenvalue weighted by atomic mass is 16.1. The zero-order valence-electron chi connectivity index (χ0n) is 14.1. The van der Waals surface area contributed by atoms with Crippen molar-refractivity contribution in [3.8, 4) is 0 Å². The second-order valence-electron chi connectivity index (χ2n) is 5.89. The molecule has 1 saturated heterocycles. The number of aliphatic imine (C=N–C) groups is 1. The van der Waals surface area contributed by atoms with Crippen LogP contribution in [0.1, 0.15) is 24.8 Å². The standard InChI is InChI=1S/C17H27N5O/c1-18-16(23)12-14-6-10-22(11-7-14)17(19-2)21-9-5-15-4-3-8-20-13-15/h3-4,8,13-14H,5-7,9-12H2,1-2H3,(H,18,23)(H,19,21). The maximum Gasteiger partial charge on any atom is 0.220 e.